The maximum atomic E-state index is 13.9. The third kappa shape index (κ3) is 4.00. The Hall–Kier alpha value is -1.66. The van der Waals surface area contributed by atoms with Crippen LogP contribution in [0.25, 0.3) is 0 Å². The van der Waals surface area contributed by atoms with Crippen molar-refractivity contribution in [3.05, 3.63) is 29.6 Å². The van der Waals surface area contributed by atoms with E-state index >= 15 is 0 Å². The van der Waals surface area contributed by atoms with Gasteiger partial charge in [-0.25, -0.2) is 4.39 Å². The molecule has 1 fully saturated rings. The Morgan fingerprint density at radius 2 is 2.22 bits per heavy atom. The monoisotopic (exact) mass is 324 g/mol. The average Bonchev–Trinajstić information content (AvgIpc) is 2.90. The van der Waals surface area contributed by atoms with E-state index in [0.717, 1.165) is 24.9 Å². The summed E-state index contributed by atoms with van der Waals surface area (Å²) in [4.78, 5) is 14.1. The molecule has 1 N–H and O–H groups in total. The number of hydrogen-bond donors (Lipinski definition) is 1. The highest BCUT2D eigenvalue weighted by atomic mass is 19.1. The number of carbonyl (C=O) groups is 1. The lowest BCUT2D eigenvalue weighted by Gasteiger charge is -2.37. The second-order valence-electron chi connectivity index (χ2n) is 6.00. The molecule has 1 aliphatic rings. The number of halogens is 1. The summed E-state index contributed by atoms with van der Waals surface area (Å²) in [5.41, 5.74) is 0.535. The lowest BCUT2D eigenvalue weighted by molar-refractivity contribution is -0.124. The minimum Gasteiger partial charge on any atom is -0.494 e. The summed E-state index contributed by atoms with van der Waals surface area (Å²) in [6, 6.07) is 4.99. The number of nitrogens with zero attached hydrogens (tertiary/aromatic N) is 1. The van der Waals surface area contributed by atoms with Gasteiger partial charge in [0.1, 0.15) is 0 Å². The number of hydrogen-bond acceptors (Lipinski definition) is 4. The molecule has 0 radical (unpaired) electrons. The van der Waals surface area contributed by atoms with E-state index in [1.807, 2.05) is 6.07 Å². The normalized spacial score (nSPS) is 21.4. The van der Waals surface area contributed by atoms with Crippen molar-refractivity contribution in [2.24, 2.45) is 0 Å². The summed E-state index contributed by atoms with van der Waals surface area (Å²) >= 11 is 0. The lowest BCUT2D eigenvalue weighted by Crippen LogP contribution is -2.49. The van der Waals surface area contributed by atoms with Crippen LogP contribution in [0.1, 0.15) is 24.8 Å². The van der Waals surface area contributed by atoms with Gasteiger partial charge in [0.25, 0.3) is 0 Å². The van der Waals surface area contributed by atoms with Crippen LogP contribution in [0.3, 0.4) is 0 Å². The van der Waals surface area contributed by atoms with Crippen molar-refractivity contribution in [2.45, 2.75) is 31.3 Å². The zero-order valence-corrected chi connectivity index (χ0v) is 14.0. The maximum absolute atomic E-state index is 13.9. The van der Waals surface area contributed by atoms with Crippen molar-refractivity contribution >= 4 is 5.91 Å². The number of ether oxygens (including phenoxy) is 2. The van der Waals surface area contributed by atoms with Crippen LogP contribution in [0.5, 0.6) is 5.75 Å². The van der Waals surface area contributed by atoms with Gasteiger partial charge < -0.3 is 14.8 Å². The molecule has 1 saturated heterocycles. The molecule has 0 bridgehead atoms. The number of nitrogens with one attached hydrogen (secondary N) is 1. The van der Waals surface area contributed by atoms with Crippen LogP contribution in [-0.4, -0.2) is 50.8 Å². The summed E-state index contributed by atoms with van der Waals surface area (Å²) < 4.78 is 24.2. The second-order valence-corrected chi connectivity index (χ2v) is 6.00. The van der Waals surface area contributed by atoms with Crippen LogP contribution in [-0.2, 0) is 16.1 Å². The first kappa shape index (κ1) is 17.7. The molecular weight excluding hydrogens is 299 g/mol. The van der Waals surface area contributed by atoms with Crippen LogP contribution < -0.4 is 10.1 Å². The minimum atomic E-state index is -0.368. The van der Waals surface area contributed by atoms with E-state index in [4.69, 9.17) is 9.47 Å². The van der Waals surface area contributed by atoms with Crippen LogP contribution in [0.15, 0.2) is 18.2 Å². The Labute approximate surface area is 136 Å². The SMILES string of the molecule is CNC(=O)C[C@@]1(COC)CCCN1Cc1ccc(OC)c(F)c1. The zero-order chi connectivity index (χ0) is 16.9. The van der Waals surface area contributed by atoms with E-state index in [-0.39, 0.29) is 23.0 Å². The zero-order valence-electron chi connectivity index (χ0n) is 14.0. The summed E-state index contributed by atoms with van der Waals surface area (Å²) in [6.07, 6.45) is 2.28. The number of benzene rings is 1. The molecule has 1 aromatic rings. The lowest BCUT2D eigenvalue weighted by atomic mass is 9.92. The van der Waals surface area contributed by atoms with Gasteiger partial charge in [-0.15, -0.1) is 0 Å². The molecule has 0 saturated carbocycles. The maximum Gasteiger partial charge on any atom is 0.221 e. The van der Waals surface area contributed by atoms with Crippen molar-refractivity contribution in [2.75, 3.05) is 34.4 Å². The molecular formula is C17H25FN2O3. The van der Waals surface area contributed by atoms with Crippen molar-refractivity contribution in [3.8, 4) is 5.75 Å². The van der Waals surface area contributed by atoms with Gasteiger partial charge in [0.15, 0.2) is 11.6 Å². The number of rotatable bonds is 7. The van der Waals surface area contributed by atoms with Gasteiger partial charge in [-0.1, -0.05) is 6.07 Å². The van der Waals surface area contributed by atoms with Gasteiger partial charge in [-0.3, -0.25) is 9.69 Å². The molecule has 23 heavy (non-hydrogen) atoms. The van der Waals surface area contributed by atoms with Crippen molar-refractivity contribution < 1.29 is 18.7 Å². The highest BCUT2D eigenvalue weighted by molar-refractivity contribution is 5.77. The first-order valence-electron chi connectivity index (χ1n) is 7.81. The van der Waals surface area contributed by atoms with E-state index in [1.165, 1.54) is 13.2 Å². The predicted octanol–water partition coefficient (Wildman–Crippen LogP) is 1.95. The number of amides is 1. The highest BCUT2D eigenvalue weighted by Crippen LogP contribution is 2.34. The van der Waals surface area contributed by atoms with Gasteiger partial charge in [0.05, 0.1) is 19.3 Å². The third-order valence-electron chi connectivity index (χ3n) is 4.51. The molecule has 1 amide bonds. The largest absolute Gasteiger partial charge is 0.494 e. The van der Waals surface area contributed by atoms with Crippen molar-refractivity contribution in [1.82, 2.24) is 10.2 Å². The molecule has 1 atom stereocenters. The summed E-state index contributed by atoms with van der Waals surface area (Å²) in [5.74, 6) is -0.133. The Balaban J connectivity index is 2.18. The first-order chi connectivity index (χ1) is 11.0. The summed E-state index contributed by atoms with van der Waals surface area (Å²) in [7, 11) is 4.74. The van der Waals surface area contributed by atoms with Crippen molar-refractivity contribution in [3.63, 3.8) is 0 Å². The quantitative estimate of drug-likeness (QED) is 0.833. The van der Waals surface area contributed by atoms with Gasteiger partial charge in [-0.2, -0.15) is 0 Å². The van der Waals surface area contributed by atoms with E-state index in [0.29, 0.717) is 19.6 Å². The molecule has 1 aliphatic heterocycles. The van der Waals surface area contributed by atoms with Crippen LogP contribution >= 0.6 is 0 Å². The smallest absolute Gasteiger partial charge is 0.221 e. The van der Waals surface area contributed by atoms with Crippen LogP contribution in [0.4, 0.5) is 4.39 Å². The minimum absolute atomic E-state index is 0.00476. The van der Waals surface area contributed by atoms with Crippen LogP contribution in [0, 0.1) is 5.82 Å². The van der Waals surface area contributed by atoms with Gasteiger partial charge in [-0.05, 0) is 37.1 Å². The Kier molecular flexibility index (Phi) is 5.96. The predicted molar refractivity (Wildman–Crippen MR) is 85.9 cm³/mol. The van der Waals surface area contributed by atoms with E-state index in [1.54, 1.807) is 20.2 Å². The number of methoxy groups -OCH3 is 2. The summed E-state index contributed by atoms with van der Waals surface area (Å²) in [5, 5.41) is 2.69. The number of carbonyl (C=O) groups excluding carboxylic acids is 1. The Bertz CT molecular complexity index is 553. The molecule has 1 aromatic carbocycles. The molecule has 128 valence electrons. The molecule has 5 nitrogen and oxygen atoms in total. The van der Waals surface area contributed by atoms with Crippen LogP contribution in [0.2, 0.25) is 0 Å². The van der Waals surface area contributed by atoms with E-state index in [2.05, 4.69) is 10.2 Å². The molecule has 6 heteroatoms. The van der Waals surface area contributed by atoms with E-state index < -0.39 is 0 Å². The summed E-state index contributed by atoms with van der Waals surface area (Å²) in [6.45, 7) is 1.94. The first-order valence-corrected chi connectivity index (χ1v) is 7.81. The highest BCUT2D eigenvalue weighted by Gasteiger charge is 2.42. The second kappa shape index (κ2) is 7.75. The third-order valence-corrected chi connectivity index (χ3v) is 4.51. The molecule has 0 unspecified atom stereocenters. The molecule has 0 aromatic heterocycles. The molecule has 1 heterocycles. The topological polar surface area (TPSA) is 50.8 Å². The van der Waals surface area contributed by atoms with E-state index in [9.17, 15) is 9.18 Å². The van der Waals surface area contributed by atoms with Gasteiger partial charge >= 0.3 is 0 Å². The fourth-order valence-electron chi connectivity index (χ4n) is 3.34. The number of likely N-dealkylation sites (tertiary alicyclic amines) is 1. The standard InChI is InChI=1S/C17H25FN2O3/c1-19-16(21)10-17(12-22-2)7-4-8-20(17)11-13-5-6-15(23-3)14(18)9-13/h5-6,9H,4,7-8,10-12H2,1-3H3,(H,19,21)/t17-/m1/s1. The Morgan fingerprint density at radius 1 is 1.43 bits per heavy atom. The van der Waals surface area contributed by atoms with Gasteiger partial charge in [0.2, 0.25) is 5.91 Å². The molecule has 2 rings (SSSR count). The molecule has 0 spiro atoms. The van der Waals surface area contributed by atoms with Gasteiger partial charge in [0, 0.05) is 27.1 Å². The fourth-order valence-corrected chi connectivity index (χ4v) is 3.34. The molecule has 0 aliphatic carbocycles. The fraction of sp³-hybridized carbons (Fsp3) is 0.588. The Morgan fingerprint density at radius 3 is 2.83 bits per heavy atom. The average molecular weight is 324 g/mol. The van der Waals surface area contributed by atoms with Crippen molar-refractivity contribution in [1.29, 1.82) is 0 Å².